The first-order chi connectivity index (χ1) is 22.7. The topological polar surface area (TPSA) is 113 Å². The molecule has 2 heterocycles. The Balaban J connectivity index is 1.51. The van der Waals surface area contributed by atoms with E-state index >= 15 is 0 Å². The van der Waals surface area contributed by atoms with Crippen LogP contribution in [0, 0.1) is 0 Å². The predicted molar refractivity (Wildman–Crippen MR) is 179 cm³/mol. The summed E-state index contributed by atoms with van der Waals surface area (Å²) in [4.78, 5) is 17.2. The molecular formula is C34H26Cl2F3N3O5S. The van der Waals surface area contributed by atoms with E-state index in [9.17, 15) is 31.5 Å². The number of hydrogen-bond acceptors (Lipinski definition) is 5. The fraction of sp³-hybridized carbons (Fsp3) is 0.147. The first-order valence-corrected chi connectivity index (χ1v) is 16.7. The van der Waals surface area contributed by atoms with Crippen LogP contribution in [0.3, 0.4) is 0 Å². The SMILES string of the molecule is Cn1c(=O)c(C(c2ccc(OC(F)(F)F)cc2)c2[nH]c3ccccc3c2CCNS(=O)(=O)c2cc(Cl)ccc2Cl)c(O)c2ccccc21. The number of fused-ring (bicyclic) bond motifs is 2. The average molecular weight is 717 g/mol. The van der Waals surface area contributed by atoms with Gasteiger partial charge in [-0.3, -0.25) is 4.79 Å². The van der Waals surface area contributed by atoms with Crippen molar-refractivity contribution in [1.82, 2.24) is 14.3 Å². The number of aromatic amines is 1. The fourth-order valence-electron chi connectivity index (χ4n) is 5.91. The maximum atomic E-state index is 14.0. The highest BCUT2D eigenvalue weighted by Gasteiger charge is 2.33. The number of aromatic hydroxyl groups is 1. The number of pyridine rings is 1. The molecule has 2 aromatic heterocycles. The number of hydrogen-bond donors (Lipinski definition) is 3. The normalized spacial score (nSPS) is 12.9. The van der Waals surface area contributed by atoms with Crippen LogP contribution in [0.4, 0.5) is 13.2 Å². The molecule has 14 heteroatoms. The van der Waals surface area contributed by atoms with Gasteiger partial charge in [0, 0.05) is 40.6 Å². The van der Waals surface area contributed by atoms with E-state index in [2.05, 4.69) is 14.4 Å². The van der Waals surface area contributed by atoms with Gasteiger partial charge in [-0.2, -0.15) is 0 Å². The quantitative estimate of drug-likeness (QED) is 0.143. The van der Waals surface area contributed by atoms with Gasteiger partial charge in [-0.25, -0.2) is 13.1 Å². The molecule has 248 valence electrons. The zero-order valence-electron chi connectivity index (χ0n) is 25.0. The molecule has 0 amide bonds. The Morgan fingerprint density at radius 2 is 1.62 bits per heavy atom. The van der Waals surface area contributed by atoms with Gasteiger partial charge in [-0.05, 0) is 66.1 Å². The molecule has 0 radical (unpaired) electrons. The van der Waals surface area contributed by atoms with E-state index in [1.54, 1.807) is 49.5 Å². The average Bonchev–Trinajstić information content (AvgIpc) is 3.40. The summed E-state index contributed by atoms with van der Waals surface area (Å²) in [5.74, 6) is -1.79. The maximum Gasteiger partial charge on any atom is 0.573 e. The Hall–Kier alpha value is -4.49. The Labute approximate surface area is 282 Å². The largest absolute Gasteiger partial charge is 0.573 e. The van der Waals surface area contributed by atoms with Crippen molar-refractivity contribution in [3.8, 4) is 11.5 Å². The van der Waals surface area contributed by atoms with Crippen LogP contribution < -0.4 is 15.0 Å². The van der Waals surface area contributed by atoms with Gasteiger partial charge in [-0.1, -0.05) is 65.7 Å². The minimum Gasteiger partial charge on any atom is -0.507 e. The minimum absolute atomic E-state index is 0.0136. The lowest BCUT2D eigenvalue weighted by atomic mass is 9.85. The third kappa shape index (κ3) is 6.48. The van der Waals surface area contributed by atoms with Gasteiger partial charge in [0.1, 0.15) is 16.4 Å². The van der Waals surface area contributed by atoms with Crippen LogP contribution >= 0.6 is 23.2 Å². The molecule has 3 N–H and O–H groups in total. The molecule has 1 unspecified atom stereocenters. The van der Waals surface area contributed by atoms with Crippen LogP contribution in [0.15, 0.2) is 101 Å². The lowest BCUT2D eigenvalue weighted by Gasteiger charge is -2.22. The Morgan fingerprint density at radius 3 is 2.33 bits per heavy atom. The second kappa shape index (κ2) is 12.8. The van der Waals surface area contributed by atoms with Gasteiger partial charge in [0.25, 0.3) is 5.56 Å². The highest BCUT2D eigenvalue weighted by atomic mass is 35.5. The molecular weight excluding hydrogens is 690 g/mol. The number of ether oxygens (including phenoxy) is 1. The molecule has 6 aromatic rings. The van der Waals surface area contributed by atoms with Gasteiger partial charge >= 0.3 is 6.36 Å². The Kier molecular flexibility index (Phi) is 8.94. The number of nitrogens with one attached hydrogen (secondary N) is 2. The van der Waals surface area contributed by atoms with Crippen molar-refractivity contribution in [3.63, 3.8) is 0 Å². The van der Waals surface area contributed by atoms with E-state index in [0.29, 0.717) is 38.6 Å². The zero-order chi connectivity index (χ0) is 34.4. The summed E-state index contributed by atoms with van der Waals surface area (Å²) in [6.45, 7) is -0.104. The van der Waals surface area contributed by atoms with E-state index in [-0.39, 0.29) is 39.2 Å². The van der Waals surface area contributed by atoms with Crippen molar-refractivity contribution >= 4 is 55.0 Å². The number of nitrogens with zero attached hydrogens (tertiary/aromatic N) is 1. The summed E-state index contributed by atoms with van der Waals surface area (Å²) in [5.41, 5.74) is 1.98. The monoisotopic (exact) mass is 715 g/mol. The number of alkyl halides is 3. The lowest BCUT2D eigenvalue weighted by Crippen LogP contribution is -2.27. The van der Waals surface area contributed by atoms with E-state index in [0.717, 1.165) is 12.1 Å². The Morgan fingerprint density at radius 1 is 0.958 bits per heavy atom. The number of rotatable bonds is 9. The molecule has 0 aliphatic rings. The third-order valence-corrected chi connectivity index (χ3v) is 10.2. The molecule has 4 aromatic carbocycles. The molecule has 0 bridgehead atoms. The fourth-order valence-corrected chi connectivity index (χ4v) is 7.70. The maximum absolute atomic E-state index is 14.0. The first kappa shape index (κ1) is 33.4. The molecule has 0 aliphatic carbocycles. The summed E-state index contributed by atoms with van der Waals surface area (Å²) in [7, 11) is -2.53. The van der Waals surface area contributed by atoms with E-state index in [1.165, 1.54) is 34.9 Å². The molecule has 0 fully saturated rings. The summed E-state index contributed by atoms with van der Waals surface area (Å²) < 4.78 is 73.4. The molecule has 0 saturated heterocycles. The summed E-state index contributed by atoms with van der Waals surface area (Å²) in [5, 5.41) is 12.9. The van der Waals surface area contributed by atoms with Gasteiger partial charge in [0.15, 0.2) is 0 Å². The van der Waals surface area contributed by atoms with Crippen molar-refractivity contribution in [2.24, 2.45) is 7.05 Å². The number of sulfonamides is 1. The van der Waals surface area contributed by atoms with Gasteiger partial charge in [0.2, 0.25) is 10.0 Å². The highest BCUT2D eigenvalue weighted by Crippen LogP contribution is 2.41. The minimum atomic E-state index is -4.92. The standard InChI is InChI=1S/C34H26Cl2F3N3O5S/c1-42-27-9-5-3-7-24(27)32(43)30(33(42)44)29(19-10-13-21(14-11-19)47-34(37,38)39)31-23(22-6-2-4-8-26(22)41-31)16-17-40-48(45,46)28-18-20(35)12-15-25(28)36/h2-15,18,29,40-41,43H,16-17H2,1H3. The molecule has 0 aliphatic heterocycles. The second-order valence-electron chi connectivity index (χ2n) is 11.0. The van der Waals surface area contributed by atoms with Crippen molar-refractivity contribution in [1.29, 1.82) is 0 Å². The summed E-state index contributed by atoms with van der Waals surface area (Å²) in [6, 6.07) is 23.1. The molecule has 48 heavy (non-hydrogen) atoms. The number of benzene rings is 4. The smallest absolute Gasteiger partial charge is 0.507 e. The van der Waals surface area contributed by atoms with Crippen molar-refractivity contribution < 1.29 is 31.4 Å². The number of aryl methyl sites for hydroxylation is 1. The highest BCUT2D eigenvalue weighted by molar-refractivity contribution is 7.89. The van der Waals surface area contributed by atoms with Gasteiger partial charge in [0.05, 0.1) is 22.0 Å². The van der Waals surface area contributed by atoms with Crippen LogP contribution in [0.2, 0.25) is 10.0 Å². The van der Waals surface area contributed by atoms with E-state index < -0.39 is 33.6 Å². The summed E-state index contributed by atoms with van der Waals surface area (Å²) >= 11 is 12.2. The van der Waals surface area contributed by atoms with Crippen molar-refractivity contribution in [2.75, 3.05) is 6.54 Å². The van der Waals surface area contributed by atoms with Gasteiger partial charge in [-0.15, -0.1) is 13.2 Å². The molecule has 0 spiro atoms. The van der Waals surface area contributed by atoms with E-state index in [1.807, 2.05) is 6.07 Å². The number of aromatic nitrogens is 2. The third-order valence-electron chi connectivity index (χ3n) is 8.03. The number of halogens is 5. The van der Waals surface area contributed by atoms with Crippen LogP contribution in [0.25, 0.3) is 21.8 Å². The molecule has 0 saturated carbocycles. The second-order valence-corrected chi connectivity index (χ2v) is 13.6. The zero-order valence-corrected chi connectivity index (χ0v) is 27.3. The predicted octanol–water partition coefficient (Wildman–Crippen LogP) is 7.63. The lowest BCUT2D eigenvalue weighted by molar-refractivity contribution is -0.274. The summed E-state index contributed by atoms with van der Waals surface area (Å²) in [6.07, 6.45) is -4.81. The van der Waals surface area contributed by atoms with Crippen LogP contribution in [0.5, 0.6) is 11.5 Å². The molecule has 1 atom stereocenters. The van der Waals surface area contributed by atoms with Crippen molar-refractivity contribution in [2.45, 2.75) is 23.6 Å². The van der Waals surface area contributed by atoms with Crippen LogP contribution in [-0.2, 0) is 23.5 Å². The molecule has 6 rings (SSSR count). The Bertz CT molecular complexity index is 2340. The van der Waals surface area contributed by atoms with Crippen LogP contribution in [0.1, 0.15) is 28.3 Å². The number of H-pyrrole nitrogens is 1. The van der Waals surface area contributed by atoms with E-state index in [4.69, 9.17) is 23.2 Å². The molecule has 8 nitrogen and oxygen atoms in total. The first-order valence-electron chi connectivity index (χ1n) is 14.5. The number of para-hydroxylation sites is 2. The van der Waals surface area contributed by atoms with Crippen molar-refractivity contribution in [3.05, 3.63) is 134 Å². The van der Waals surface area contributed by atoms with Crippen LogP contribution in [-0.4, -0.2) is 36.0 Å². The van der Waals surface area contributed by atoms with Gasteiger partial charge < -0.3 is 19.4 Å².